The van der Waals surface area contributed by atoms with Crippen LogP contribution >= 0.6 is 0 Å². The Morgan fingerprint density at radius 1 is 1.45 bits per heavy atom. The van der Waals surface area contributed by atoms with Gasteiger partial charge in [-0.25, -0.2) is 8.78 Å². The zero-order valence-corrected chi connectivity index (χ0v) is 11.0. The van der Waals surface area contributed by atoms with E-state index in [4.69, 9.17) is 0 Å². The summed E-state index contributed by atoms with van der Waals surface area (Å²) in [7, 11) is 0. The van der Waals surface area contributed by atoms with E-state index in [-0.39, 0.29) is 11.3 Å². The van der Waals surface area contributed by atoms with Crippen LogP contribution in [0.2, 0.25) is 0 Å². The molecular formula is C13H14F2N2O3. The van der Waals surface area contributed by atoms with E-state index >= 15 is 0 Å². The average Bonchev–Trinajstić information content (AvgIpc) is 2.36. The topological polar surface area (TPSA) is 72.2 Å². The lowest BCUT2D eigenvalue weighted by Gasteiger charge is -2.42. The Labute approximate surface area is 114 Å². The van der Waals surface area contributed by atoms with Crippen LogP contribution < -0.4 is 5.32 Å². The number of benzene rings is 1. The molecule has 1 amide bonds. The van der Waals surface area contributed by atoms with E-state index in [2.05, 4.69) is 5.32 Å². The number of carbonyl (C=O) groups is 1. The second kappa shape index (κ2) is 4.50. The molecule has 0 saturated carbocycles. The molecule has 0 bridgehead atoms. The van der Waals surface area contributed by atoms with Gasteiger partial charge in [0, 0.05) is 18.6 Å². The molecule has 1 aromatic carbocycles. The van der Waals surface area contributed by atoms with Crippen LogP contribution in [0.4, 0.5) is 14.5 Å². The Balaban J connectivity index is 2.43. The highest BCUT2D eigenvalue weighted by atomic mass is 19.2. The molecule has 2 rings (SSSR count). The number of nitrogens with one attached hydrogen (secondary N) is 1. The van der Waals surface area contributed by atoms with Crippen molar-refractivity contribution in [2.75, 3.05) is 0 Å². The van der Waals surface area contributed by atoms with Crippen LogP contribution in [0.25, 0.3) is 0 Å². The van der Waals surface area contributed by atoms with Crippen LogP contribution in [0, 0.1) is 10.1 Å². The lowest BCUT2D eigenvalue weighted by molar-refractivity contribution is -0.385. The summed E-state index contributed by atoms with van der Waals surface area (Å²) >= 11 is 0. The van der Waals surface area contributed by atoms with E-state index in [0.29, 0.717) is 0 Å². The van der Waals surface area contributed by atoms with Crippen molar-refractivity contribution in [1.82, 2.24) is 5.32 Å². The summed E-state index contributed by atoms with van der Waals surface area (Å²) in [5, 5.41) is 13.1. The number of non-ortho nitro benzene ring substituents is 1. The smallest absolute Gasteiger partial charge is 0.269 e. The molecule has 1 saturated heterocycles. The number of hydrogen-bond acceptors (Lipinski definition) is 3. The first-order valence-electron chi connectivity index (χ1n) is 6.07. The molecule has 0 spiro atoms. The fraction of sp³-hybridized carbons (Fsp3) is 0.462. The van der Waals surface area contributed by atoms with Crippen molar-refractivity contribution in [3.63, 3.8) is 0 Å². The maximum absolute atomic E-state index is 14.3. The van der Waals surface area contributed by atoms with Crippen molar-refractivity contribution < 1.29 is 18.5 Å². The summed E-state index contributed by atoms with van der Waals surface area (Å²) in [4.78, 5) is 21.8. The van der Waals surface area contributed by atoms with E-state index in [1.54, 1.807) is 0 Å². The Hall–Kier alpha value is -2.05. The SMILES string of the molecule is C[C@@]1(F)C[C@H](F)[C@@](C)(c2cccc([N+](=O)[O-])c2)NC1=O. The number of nitro groups is 1. The summed E-state index contributed by atoms with van der Waals surface area (Å²) in [6, 6.07) is 5.33. The molecule has 7 heteroatoms. The number of piperidine rings is 1. The van der Waals surface area contributed by atoms with Crippen LogP contribution in [0.1, 0.15) is 25.8 Å². The number of halogens is 2. The minimum absolute atomic E-state index is 0.209. The van der Waals surface area contributed by atoms with Crippen LogP contribution in [0.15, 0.2) is 24.3 Å². The molecule has 0 radical (unpaired) electrons. The summed E-state index contributed by atoms with van der Waals surface area (Å²) in [5.74, 6) is -0.916. The number of nitro benzene ring substituents is 1. The number of nitrogens with zero attached hydrogens (tertiary/aromatic N) is 1. The molecule has 1 N–H and O–H groups in total. The number of rotatable bonds is 2. The number of hydrogen-bond donors (Lipinski definition) is 1. The second-order valence-corrected chi connectivity index (χ2v) is 5.33. The number of carbonyl (C=O) groups excluding carboxylic acids is 1. The molecule has 3 atom stereocenters. The quantitative estimate of drug-likeness (QED) is 0.669. The summed E-state index contributed by atoms with van der Waals surface area (Å²) in [5.41, 5.74) is -3.73. The van der Waals surface area contributed by atoms with Gasteiger partial charge in [-0.2, -0.15) is 0 Å². The van der Waals surface area contributed by atoms with Gasteiger partial charge < -0.3 is 5.32 Å². The fourth-order valence-electron chi connectivity index (χ4n) is 2.27. The lowest BCUT2D eigenvalue weighted by Crippen LogP contribution is -2.62. The van der Waals surface area contributed by atoms with Gasteiger partial charge >= 0.3 is 0 Å². The third-order valence-corrected chi connectivity index (χ3v) is 3.69. The fourth-order valence-corrected chi connectivity index (χ4v) is 2.27. The average molecular weight is 284 g/mol. The van der Waals surface area contributed by atoms with Gasteiger partial charge in [-0.05, 0) is 19.4 Å². The standard InChI is InChI=1S/C13H14F2N2O3/c1-12(15)7-10(14)13(2,16-11(12)18)8-4-3-5-9(6-8)17(19)20/h3-6,10H,7H2,1-2H3,(H,16,18)/t10-,12+,13+/m0/s1. The Bertz CT molecular complexity index is 576. The molecular weight excluding hydrogens is 270 g/mol. The van der Waals surface area contributed by atoms with Gasteiger partial charge in [0.2, 0.25) is 0 Å². The molecule has 1 aliphatic heterocycles. The van der Waals surface area contributed by atoms with Crippen molar-refractivity contribution in [3.8, 4) is 0 Å². The minimum Gasteiger partial charge on any atom is -0.341 e. The molecule has 20 heavy (non-hydrogen) atoms. The Kier molecular flexibility index (Phi) is 3.23. The van der Waals surface area contributed by atoms with Crippen LogP contribution in [-0.2, 0) is 10.3 Å². The van der Waals surface area contributed by atoms with E-state index in [1.165, 1.54) is 31.2 Å². The van der Waals surface area contributed by atoms with E-state index in [1.807, 2.05) is 0 Å². The molecule has 108 valence electrons. The molecule has 0 aliphatic carbocycles. The Morgan fingerprint density at radius 2 is 2.10 bits per heavy atom. The number of alkyl halides is 2. The first kappa shape index (κ1) is 14.4. The van der Waals surface area contributed by atoms with Gasteiger partial charge in [-0.15, -0.1) is 0 Å². The summed E-state index contributed by atoms with van der Waals surface area (Å²) < 4.78 is 28.1. The van der Waals surface area contributed by atoms with Crippen molar-refractivity contribution in [2.45, 2.75) is 37.6 Å². The van der Waals surface area contributed by atoms with Gasteiger partial charge in [0.05, 0.1) is 10.5 Å². The van der Waals surface area contributed by atoms with E-state index in [0.717, 1.165) is 6.92 Å². The van der Waals surface area contributed by atoms with Crippen molar-refractivity contribution >= 4 is 11.6 Å². The van der Waals surface area contributed by atoms with Crippen molar-refractivity contribution in [1.29, 1.82) is 0 Å². The molecule has 1 aromatic rings. The summed E-state index contributed by atoms with van der Waals surface area (Å²) in [6.07, 6.45) is -2.27. The highest BCUT2D eigenvalue weighted by Gasteiger charge is 2.51. The minimum atomic E-state index is -2.28. The third-order valence-electron chi connectivity index (χ3n) is 3.69. The lowest BCUT2D eigenvalue weighted by atomic mass is 9.78. The van der Waals surface area contributed by atoms with E-state index < -0.39 is 34.6 Å². The highest BCUT2D eigenvalue weighted by Crippen LogP contribution is 2.38. The van der Waals surface area contributed by atoms with Gasteiger partial charge in [-0.3, -0.25) is 14.9 Å². The maximum Gasteiger partial charge on any atom is 0.269 e. The zero-order chi connectivity index (χ0) is 15.1. The third kappa shape index (κ3) is 2.23. The van der Waals surface area contributed by atoms with Crippen LogP contribution in [-0.4, -0.2) is 22.7 Å². The van der Waals surface area contributed by atoms with E-state index in [9.17, 15) is 23.7 Å². The summed E-state index contributed by atoms with van der Waals surface area (Å²) in [6.45, 7) is 2.41. The van der Waals surface area contributed by atoms with Crippen LogP contribution in [0.5, 0.6) is 0 Å². The van der Waals surface area contributed by atoms with Crippen molar-refractivity contribution in [2.24, 2.45) is 0 Å². The molecule has 1 fully saturated rings. The largest absolute Gasteiger partial charge is 0.341 e. The number of amides is 1. The van der Waals surface area contributed by atoms with Gasteiger partial charge in [0.25, 0.3) is 11.6 Å². The molecule has 0 unspecified atom stereocenters. The van der Waals surface area contributed by atoms with Gasteiger partial charge in [0.1, 0.15) is 6.17 Å². The Morgan fingerprint density at radius 3 is 2.70 bits per heavy atom. The van der Waals surface area contributed by atoms with Gasteiger partial charge in [0.15, 0.2) is 5.67 Å². The normalized spacial score (nSPS) is 33.6. The monoisotopic (exact) mass is 284 g/mol. The predicted octanol–water partition coefficient (Wildman–Crippen LogP) is 2.40. The van der Waals surface area contributed by atoms with Gasteiger partial charge in [-0.1, -0.05) is 12.1 Å². The highest BCUT2D eigenvalue weighted by molar-refractivity contribution is 5.86. The zero-order valence-electron chi connectivity index (χ0n) is 11.0. The van der Waals surface area contributed by atoms with Crippen LogP contribution in [0.3, 0.4) is 0 Å². The first-order valence-corrected chi connectivity index (χ1v) is 6.07. The maximum atomic E-state index is 14.3. The molecule has 1 heterocycles. The van der Waals surface area contributed by atoms with Crippen molar-refractivity contribution in [3.05, 3.63) is 39.9 Å². The molecule has 0 aromatic heterocycles. The molecule has 5 nitrogen and oxygen atoms in total. The first-order chi connectivity index (χ1) is 9.17. The molecule has 1 aliphatic rings. The second-order valence-electron chi connectivity index (χ2n) is 5.33. The predicted molar refractivity (Wildman–Crippen MR) is 67.6 cm³/mol.